The van der Waals surface area contributed by atoms with E-state index in [0.29, 0.717) is 11.6 Å². The van der Waals surface area contributed by atoms with E-state index >= 15 is 0 Å². The van der Waals surface area contributed by atoms with E-state index in [1.807, 2.05) is 12.1 Å². The number of benzene rings is 1. The molecule has 0 aromatic heterocycles. The Bertz CT molecular complexity index is 440. The van der Waals surface area contributed by atoms with Crippen LogP contribution in [0.25, 0.3) is 0 Å². The Balaban J connectivity index is 1.88. The lowest BCUT2D eigenvalue weighted by Crippen LogP contribution is -2.31. The van der Waals surface area contributed by atoms with E-state index in [0.717, 1.165) is 24.4 Å². The molecule has 0 amide bonds. The van der Waals surface area contributed by atoms with Gasteiger partial charge in [0, 0.05) is 12.6 Å². The minimum Gasteiger partial charge on any atom is -0.478 e. The number of likely N-dealkylation sites (N-methyl/N-ethyl adjacent to an activating group) is 1. The molecule has 1 atom stereocenters. The molecular formula is C16H23NO2. The van der Waals surface area contributed by atoms with Gasteiger partial charge >= 0.3 is 5.97 Å². The largest absolute Gasteiger partial charge is 0.478 e. The fraction of sp³-hybridized carbons (Fsp3) is 0.562. The van der Waals surface area contributed by atoms with Gasteiger partial charge in [-0.3, -0.25) is 0 Å². The third-order valence-corrected chi connectivity index (χ3v) is 4.11. The maximum Gasteiger partial charge on any atom is 0.335 e. The molecule has 104 valence electrons. The van der Waals surface area contributed by atoms with Crippen LogP contribution in [0.5, 0.6) is 0 Å². The van der Waals surface area contributed by atoms with E-state index in [4.69, 9.17) is 5.11 Å². The van der Waals surface area contributed by atoms with Crippen LogP contribution in [0.3, 0.4) is 0 Å². The lowest BCUT2D eigenvalue weighted by molar-refractivity contribution is 0.0695. The Morgan fingerprint density at radius 1 is 1.42 bits per heavy atom. The molecule has 3 nitrogen and oxygen atoms in total. The summed E-state index contributed by atoms with van der Waals surface area (Å²) in [4.78, 5) is 13.5. The van der Waals surface area contributed by atoms with E-state index in [1.165, 1.54) is 19.3 Å². The average molecular weight is 261 g/mol. The minimum absolute atomic E-state index is 0.436. The fourth-order valence-corrected chi connectivity index (χ4v) is 2.48. The third kappa shape index (κ3) is 4.06. The smallest absolute Gasteiger partial charge is 0.335 e. The zero-order valence-electron chi connectivity index (χ0n) is 11.8. The zero-order valence-corrected chi connectivity index (χ0v) is 11.8. The molecule has 1 unspecified atom stereocenters. The molecule has 0 radical (unpaired) electrons. The Morgan fingerprint density at radius 3 is 2.74 bits per heavy atom. The molecular weight excluding hydrogens is 238 g/mol. The van der Waals surface area contributed by atoms with Gasteiger partial charge < -0.3 is 10.0 Å². The summed E-state index contributed by atoms with van der Waals surface area (Å²) >= 11 is 0. The summed E-state index contributed by atoms with van der Waals surface area (Å²) in [5.74, 6) is 0.105. The highest BCUT2D eigenvalue weighted by molar-refractivity contribution is 5.89. The first-order chi connectivity index (χ1) is 9.08. The number of hydrogen-bond acceptors (Lipinski definition) is 2. The number of rotatable bonds is 7. The highest BCUT2D eigenvalue weighted by Crippen LogP contribution is 2.34. The van der Waals surface area contributed by atoms with Crippen LogP contribution in [0.1, 0.15) is 42.1 Å². The number of carboxylic acid groups (broad SMARTS) is 1. The molecule has 2 rings (SSSR count). The molecule has 3 heteroatoms. The quantitative estimate of drug-likeness (QED) is 0.820. The lowest BCUT2D eigenvalue weighted by atomic mass is 10.0. The van der Waals surface area contributed by atoms with Crippen molar-refractivity contribution in [3.05, 3.63) is 35.4 Å². The van der Waals surface area contributed by atoms with E-state index in [2.05, 4.69) is 18.9 Å². The molecule has 1 aromatic carbocycles. The van der Waals surface area contributed by atoms with Crippen molar-refractivity contribution in [2.24, 2.45) is 5.92 Å². The minimum atomic E-state index is -0.829. The van der Waals surface area contributed by atoms with Gasteiger partial charge in [-0.25, -0.2) is 4.79 Å². The van der Waals surface area contributed by atoms with Gasteiger partial charge in [0.2, 0.25) is 0 Å². The van der Waals surface area contributed by atoms with Gasteiger partial charge in [0.1, 0.15) is 0 Å². The average Bonchev–Trinajstić information content (AvgIpc) is 3.20. The first-order valence-corrected chi connectivity index (χ1v) is 7.09. The number of carboxylic acids is 1. The van der Waals surface area contributed by atoms with Crippen molar-refractivity contribution in [1.82, 2.24) is 4.90 Å². The van der Waals surface area contributed by atoms with E-state index < -0.39 is 5.97 Å². The maximum absolute atomic E-state index is 11.1. The van der Waals surface area contributed by atoms with E-state index in [1.54, 1.807) is 12.1 Å². The third-order valence-electron chi connectivity index (χ3n) is 4.11. The summed E-state index contributed by atoms with van der Waals surface area (Å²) in [5.41, 5.74) is 1.37. The SMILES string of the molecule is CC(CC1CC1)N(C)CCc1ccccc1C(=O)O. The molecule has 0 spiro atoms. The highest BCUT2D eigenvalue weighted by atomic mass is 16.4. The predicted octanol–water partition coefficient (Wildman–Crippen LogP) is 3.05. The lowest BCUT2D eigenvalue weighted by Gasteiger charge is -2.24. The monoisotopic (exact) mass is 261 g/mol. The molecule has 0 aliphatic heterocycles. The number of nitrogens with zero attached hydrogens (tertiary/aromatic N) is 1. The Morgan fingerprint density at radius 2 is 2.11 bits per heavy atom. The van der Waals surface area contributed by atoms with Crippen molar-refractivity contribution >= 4 is 5.97 Å². The molecule has 1 saturated carbocycles. The summed E-state index contributed by atoms with van der Waals surface area (Å²) < 4.78 is 0. The van der Waals surface area contributed by atoms with Gasteiger partial charge in [0.15, 0.2) is 0 Å². The Labute approximate surface area is 115 Å². The molecule has 1 N–H and O–H groups in total. The predicted molar refractivity (Wildman–Crippen MR) is 76.5 cm³/mol. The van der Waals surface area contributed by atoms with Gasteiger partial charge in [-0.2, -0.15) is 0 Å². The van der Waals surface area contributed by atoms with Crippen LogP contribution in [0.15, 0.2) is 24.3 Å². The van der Waals surface area contributed by atoms with Crippen LogP contribution in [0.4, 0.5) is 0 Å². The summed E-state index contributed by atoms with van der Waals surface area (Å²) in [5, 5.41) is 9.15. The molecule has 1 aliphatic carbocycles. The second kappa shape index (κ2) is 6.20. The highest BCUT2D eigenvalue weighted by Gasteiger charge is 2.25. The summed E-state index contributed by atoms with van der Waals surface area (Å²) in [6.07, 6.45) is 4.85. The molecule has 19 heavy (non-hydrogen) atoms. The number of hydrogen-bond donors (Lipinski definition) is 1. The summed E-state index contributed by atoms with van der Waals surface area (Å²) in [7, 11) is 2.14. The van der Waals surface area contributed by atoms with Crippen molar-refractivity contribution in [3.63, 3.8) is 0 Å². The van der Waals surface area contributed by atoms with Crippen LogP contribution in [0, 0.1) is 5.92 Å². The van der Waals surface area contributed by atoms with Crippen LogP contribution < -0.4 is 0 Å². The summed E-state index contributed by atoms with van der Waals surface area (Å²) in [6, 6.07) is 7.89. The summed E-state index contributed by atoms with van der Waals surface area (Å²) in [6.45, 7) is 3.18. The van der Waals surface area contributed by atoms with Crippen LogP contribution in [0.2, 0.25) is 0 Å². The Hall–Kier alpha value is -1.35. The van der Waals surface area contributed by atoms with Crippen LogP contribution in [-0.4, -0.2) is 35.6 Å². The fourth-order valence-electron chi connectivity index (χ4n) is 2.48. The zero-order chi connectivity index (χ0) is 13.8. The molecule has 1 fully saturated rings. The first kappa shape index (κ1) is 14.1. The molecule has 0 bridgehead atoms. The normalized spacial score (nSPS) is 16.6. The number of carbonyl (C=O) groups is 1. The van der Waals surface area contributed by atoms with Gasteiger partial charge in [0.25, 0.3) is 0 Å². The van der Waals surface area contributed by atoms with Crippen molar-refractivity contribution in [2.45, 2.75) is 38.6 Å². The van der Waals surface area contributed by atoms with Gasteiger partial charge in [0.05, 0.1) is 5.56 Å². The van der Waals surface area contributed by atoms with E-state index in [-0.39, 0.29) is 0 Å². The molecule has 1 aliphatic rings. The molecule has 0 saturated heterocycles. The van der Waals surface area contributed by atoms with E-state index in [9.17, 15) is 4.79 Å². The van der Waals surface area contributed by atoms with Crippen molar-refractivity contribution in [1.29, 1.82) is 0 Å². The van der Waals surface area contributed by atoms with Crippen molar-refractivity contribution in [3.8, 4) is 0 Å². The van der Waals surface area contributed by atoms with Gasteiger partial charge in [-0.1, -0.05) is 31.0 Å². The van der Waals surface area contributed by atoms with Crippen LogP contribution in [-0.2, 0) is 6.42 Å². The maximum atomic E-state index is 11.1. The first-order valence-electron chi connectivity index (χ1n) is 7.09. The standard InChI is InChI=1S/C16H23NO2/c1-12(11-13-7-8-13)17(2)10-9-14-5-3-4-6-15(14)16(18)19/h3-6,12-13H,7-11H2,1-2H3,(H,18,19). The second-order valence-electron chi connectivity index (χ2n) is 5.72. The Kier molecular flexibility index (Phi) is 4.59. The van der Waals surface area contributed by atoms with Crippen LogP contribution >= 0.6 is 0 Å². The van der Waals surface area contributed by atoms with Gasteiger partial charge in [-0.05, 0) is 44.4 Å². The van der Waals surface area contributed by atoms with Crippen molar-refractivity contribution < 1.29 is 9.90 Å². The second-order valence-corrected chi connectivity index (χ2v) is 5.72. The van der Waals surface area contributed by atoms with Crippen molar-refractivity contribution in [2.75, 3.05) is 13.6 Å². The van der Waals surface area contributed by atoms with Gasteiger partial charge in [-0.15, -0.1) is 0 Å². The molecule has 1 aromatic rings. The number of aromatic carboxylic acids is 1. The topological polar surface area (TPSA) is 40.5 Å². The molecule has 0 heterocycles.